The number of hydrogen-bond donors (Lipinski definition) is 2. The van der Waals surface area contributed by atoms with Gasteiger partial charge < -0.3 is 15.4 Å². The second kappa shape index (κ2) is 7.63. The molecular formula is C20H25N5O3. The van der Waals surface area contributed by atoms with Crippen molar-refractivity contribution in [2.45, 2.75) is 32.7 Å². The predicted molar refractivity (Wildman–Crippen MR) is 106 cm³/mol. The first-order valence-electron chi connectivity index (χ1n) is 9.64. The highest BCUT2D eigenvalue weighted by molar-refractivity contribution is 6.05. The molecule has 8 heteroatoms. The highest BCUT2D eigenvalue weighted by Crippen LogP contribution is 2.26. The molecule has 2 aliphatic heterocycles. The number of carbonyl (C=O) groups is 2. The number of rotatable bonds is 4. The van der Waals surface area contributed by atoms with Gasteiger partial charge in [0.1, 0.15) is 0 Å². The largest absolute Gasteiger partial charge is 0.381 e. The number of carbonyl (C=O) groups excluding carboxylic acids is 2. The van der Waals surface area contributed by atoms with Gasteiger partial charge in [-0.05, 0) is 50.5 Å². The number of benzene rings is 1. The monoisotopic (exact) mass is 383 g/mol. The van der Waals surface area contributed by atoms with E-state index in [1.165, 1.54) is 0 Å². The molecule has 4 rings (SSSR count). The molecule has 3 amide bonds. The van der Waals surface area contributed by atoms with Crippen molar-refractivity contribution in [2.24, 2.45) is 0 Å². The van der Waals surface area contributed by atoms with Crippen LogP contribution >= 0.6 is 0 Å². The maximum atomic E-state index is 12.8. The van der Waals surface area contributed by atoms with Gasteiger partial charge in [0.05, 0.1) is 17.8 Å². The first-order chi connectivity index (χ1) is 13.5. The van der Waals surface area contributed by atoms with Crippen molar-refractivity contribution in [3.8, 4) is 0 Å². The lowest BCUT2D eigenvalue weighted by molar-refractivity contribution is 0.0656. The number of urea groups is 1. The van der Waals surface area contributed by atoms with E-state index in [0.717, 1.165) is 48.7 Å². The summed E-state index contributed by atoms with van der Waals surface area (Å²) in [5, 5.41) is 10.2. The highest BCUT2D eigenvalue weighted by atomic mass is 16.5. The zero-order valence-corrected chi connectivity index (χ0v) is 16.2. The molecule has 3 heterocycles. The Bertz CT molecular complexity index is 901. The minimum atomic E-state index is -0.175. The van der Waals surface area contributed by atoms with Crippen LogP contribution < -0.4 is 15.5 Å². The van der Waals surface area contributed by atoms with Crippen molar-refractivity contribution >= 4 is 23.3 Å². The molecule has 0 radical (unpaired) electrons. The second-order valence-electron chi connectivity index (χ2n) is 7.27. The van der Waals surface area contributed by atoms with Gasteiger partial charge in [-0.2, -0.15) is 5.10 Å². The van der Waals surface area contributed by atoms with Crippen molar-refractivity contribution < 1.29 is 14.3 Å². The summed E-state index contributed by atoms with van der Waals surface area (Å²) in [7, 11) is 0. The number of aryl methyl sites for hydroxylation is 1. The minimum Gasteiger partial charge on any atom is -0.381 e. The van der Waals surface area contributed by atoms with E-state index < -0.39 is 0 Å². The Labute approximate surface area is 163 Å². The number of nitrogens with one attached hydrogen (secondary N) is 2. The van der Waals surface area contributed by atoms with Gasteiger partial charge in [0.15, 0.2) is 0 Å². The normalized spacial score (nSPS) is 17.6. The predicted octanol–water partition coefficient (Wildman–Crippen LogP) is 2.63. The molecule has 0 saturated carbocycles. The molecule has 2 saturated heterocycles. The molecule has 1 aromatic heterocycles. The summed E-state index contributed by atoms with van der Waals surface area (Å²) in [5.74, 6) is -0.175. The first kappa shape index (κ1) is 18.5. The van der Waals surface area contributed by atoms with Crippen molar-refractivity contribution in [2.75, 3.05) is 36.5 Å². The lowest BCUT2D eigenvalue weighted by atomic mass is 10.1. The Morgan fingerprint density at radius 1 is 1.29 bits per heavy atom. The molecule has 0 bridgehead atoms. The summed E-state index contributed by atoms with van der Waals surface area (Å²) in [4.78, 5) is 26.3. The standard InChI is InChI=1S/C20H25N5O3/c1-13-11-16(24-8-7-21-20(24)27)3-4-18(13)23-19(26)17-12-22-25(14(17)2)15-5-9-28-10-6-15/h3-4,11-12,15H,5-10H2,1-2H3,(H,21,27)(H,23,26). The third kappa shape index (κ3) is 3.47. The second-order valence-corrected chi connectivity index (χ2v) is 7.27. The van der Waals surface area contributed by atoms with Crippen molar-refractivity contribution in [1.29, 1.82) is 0 Å². The van der Waals surface area contributed by atoms with Crippen LogP contribution in [0, 0.1) is 13.8 Å². The number of nitrogens with zero attached hydrogens (tertiary/aromatic N) is 3. The smallest absolute Gasteiger partial charge is 0.321 e. The summed E-state index contributed by atoms with van der Waals surface area (Å²) in [6.45, 7) is 6.60. The third-order valence-electron chi connectivity index (χ3n) is 5.45. The van der Waals surface area contributed by atoms with E-state index >= 15 is 0 Å². The first-order valence-corrected chi connectivity index (χ1v) is 9.64. The molecule has 0 unspecified atom stereocenters. The lowest BCUT2D eigenvalue weighted by Crippen LogP contribution is -2.27. The highest BCUT2D eigenvalue weighted by Gasteiger charge is 2.23. The Morgan fingerprint density at radius 2 is 2.07 bits per heavy atom. The summed E-state index contributed by atoms with van der Waals surface area (Å²) in [5.41, 5.74) is 3.90. The minimum absolute atomic E-state index is 0.0904. The summed E-state index contributed by atoms with van der Waals surface area (Å²) >= 11 is 0. The van der Waals surface area contributed by atoms with Crippen LogP contribution in [0.15, 0.2) is 24.4 Å². The number of hydrogen-bond acceptors (Lipinski definition) is 4. The van der Waals surface area contributed by atoms with E-state index in [1.807, 2.05) is 36.7 Å². The van der Waals surface area contributed by atoms with Gasteiger partial charge >= 0.3 is 6.03 Å². The van der Waals surface area contributed by atoms with Gasteiger partial charge in [-0.25, -0.2) is 4.79 Å². The van der Waals surface area contributed by atoms with E-state index in [-0.39, 0.29) is 18.0 Å². The molecule has 148 valence electrons. The van der Waals surface area contributed by atoms with E-state index in [9.17, 15) is 9.59 Å². The molecule has 2 fully saturated rings. The van der Waals surface area contributed by atoms with Crippen molar-refractivity contribution in [3.63, 3.8) is 0 Å². The molecule has 2 N–H and O–H groups in total. The Hall–Kier alpha value is -2.87. The van der Waals surface area contributed by atoms with Crippen LogP contribution in [0.4, 0.5) is 16.2 Å². The van der Waals surface area contributed by atoms with Crippen molar-refractivity contribution in [1.82, 2.24) is 15.1 Å². The van der Waals surface area contributed by atoms with Crippen LogP contribution in [0.1, 0.15) is 40.5 Å². The quantitative estimate of drug-likeness (QED) is 0.850. The lowest BCUT2D eigenvalue weighted by Gasteiger charge is -2.23. The third-order valence-corrected chi connectivity index (χ3v) is 5.45. The fraction of sp³-hybridized carbons (Fsp3) is 0.450. The Morgan fingerprint density at radius 3 is 2.75 bits per heavy atom. The maximum Gasteiger partial charge on any atom is 0.321 e. The molecular weight excluding hydrogens is 358 g/mol. The van der Waals surface area contributed by atoms with Crippen LogP contribution in [0.5, 0.6) is 0 Å². The van der Waals surface area contributed by atoms with Gasteiger partial charge in [0.25, 0.3) is 5.91 Å². The topological polar surface area (TPSA) is 88.5 Å². The van der Waals surface area contributed by atoms with Gasteiger partial charge in [-0.15, -0.1) is 0 Å². The van der Waals surface area contributed by atoms with E-state index in [1.54, 1.807) is 11.1 Å². The van der Waals surface area contributed by atoms with Gasteiger partial charge in [-0.1, -0.05) is 0 Å². The summed E-state index contributed by atoms with van der Waals surface area (Å²) < 4.78 is 7.36. The maximum absolute atomic E-state index is 12.8. The van der Waals surface area contributed by atoms with Gasteiger partial charge in [0, 0.05) is 43.4 Å². The van der Waals surface area contributed by atoms with Crippen molar-refractivity contribution in [3.05, 3.63) is 41.2 Å². The molecule has 0 spiro atoms. The van der Waals surface area contributed by atoms with Gasteiger partial charge in [0.2, 0.25) is 0 Å². The molecule has 2 aromatic rings. The van der Waals surface area contributed by atoms with Crippen LogP contribution in [0.3, 0.4) is 0 Å². The average molecular weight is 383 g/mol. The zero-order valence-electron chi connectivity index (χ0n) is 16.2. The summed E-state index contributed by atoms with van der Waals surface area (Å²) in [6.07, 6.45) is 3.46. The molecule has 28 heavy (non-hydrogen) atoms. The number of aromatic nitrogens is 2. The van der Waals surface area contributed by atoms with E-state index in [4.69, 9.17) is 4.74 Å². The fourth-order valence-corrected chi connectivity index (χ4v) is 3.81. The number of amides is 3. The van der Waals surface area contributed by atoms with Crippen LogP contribution in [-0.2, 0) is 4.74 Å². The van der Waals surface area contributed by atoms with Gasteiger partial charge in [-0.3, -0.25) is 14.4 Å². The zero-order chi connectivity index (χ0) is 19.7. The molecule has 0 atom stereocenters. The fourth-order valence-electron chi connectivity index (χ4n) is 3.81. The number of ether oxygens (including phenoxy) is 1. The average Bonchev–Trinajstić information content (AvgIpc) is 3.29. The van der Waals surface area contributed by atoms with Crippen LogP contribution in [0.2, 0.25) is 0 Å². The molecule has 8 nitrogen and oxygen atoms in total. The Balaban J connectivity index is 1.49. The SMILES string of the molecule is Cc1cc(N2CCNC2=O)ccc1NC(=O)c1cnn(C2CCOCC2)c1C. The molecule has 1 aromatic carbocycles. The number of anilines is 2. The molecule has 2 aliphatic rings. The van der Waals surface area contributed by atoms with Crippen LogP contribution in [-0.4, -0.2) is 48.0 Å². The molecule has 0 aliphatic carbocycles. The van der Waals surface area contributed by atoms with E-state index in [2.05, 4.69) is 15.7 Å². The Kier molecular flexibility index (Phi) is 5.04. The summed E-state index contributed by atoms with van der Waals surface area (Å²) in [6, 6.07) is 5.80. The van der Waals surface area contributed by atoms with Crippen LogP contribution in [0.25, 0.3) is 0 Å². The van der Waals surface area contributed by atoms with E-state index in [0.29, 0.717) is 18.7 Å².